The van der Waals surface area contributed by atoms with E-state index in [0.29, 0.717) is 34.3 Å². The van der Waals surface area contributed by atoms with Crippen molar-refractivity contribution in [3.05, 3.63) is 89.5 Å². The van der Waals surface area contributed by atoms with Gasteiger partial charge in [0.1, 0.15) is 5.75 Å². The van der Waals surface area contributed by atoms with Gasteiger partial charge >= 0.3 is 0 Å². The highest BCUT2D eigenvalue weighted by atomic mass is 35.6. The molecule has 14 heteroatoms. The van der Waals surface area contributed by atoms with Crippen LogP contribution in [0.15, 0.2) is 78.0 Å². The number of phenols is 1. The van der Waals surface area contributed by atoms with E-state index < -0.39 is 16.0 Å². The lowest BCUT2D eigenvalue weighted by atomic mass is 10.0. The van der Waals surface area contributed by atoms with Crippen LogP contribution in [0.2, 0.25) is 0 Å². The molecule has 41 heavy (non-hydrogen) atoms. The quantitative estimate of drug-likeness (QED) is 0.169. The number of aromatic nitrogens is 4. The smallest absolute Gasteiger partial charge is 0.276 e. The number of ether oxygens (including phenoxy) is 2. The Bertz CT molecular complexity index is 1480. The fraction of sp³-hybridized carbons (Fsp3) is 0.259. The predicted octanol–water partition coefficient (Wildman–Crippen LogP) is 5.51. The molecule has 10 nitrogen and oxygen atoms in total. The van der Waals surface area contributed by atoms with Crippen LogP contribution in [0.5, 0.6) is 5.75 Å². The van der Waals surface area contributed by atoms with Crippen LogP contribution in [0.4, 0.5) is 5.69 Å². The molecule has 3 aromatic carbocycles. The first-order chi connectivity index (χ1) is 19.7. The van der Waals surface area contributed by atoms with Crippen LogP contribution in [-0.2, 0) is 20.9 Å². The van der Waals surface area contributed by atoms with Crippen molar-refractivity contribution in [2.75, 3.05) is 11.1 Å². The van der Waals surface area contributed by atoms with Crippen molar-refractivity contribution in [1.29, 1.82) is 0 Å². The Hall–Kier alpha value is -2.90. The third kappa shape index (κ3) is 7.49. The molecule has 0 unspecified atom stereocenters. The van der Waals surface area contributed by atoms with Crippen molar-refractivity contribution in [1.82, 2.24) is 20.2 Å². The predicted molar refractivity (Wildman–Crippen MR) is 155 cm³/mol. The van der Waals surface area contributed by atoms with Gasteiger partial charge in [-0.1, -0.05) is 83.0 Å². The van der Waals surface area contributed by atoms with Crippen LogP contribution in [0.3, 0.4) is 0 Å². The van der Waals surface area contributed by atoms with E-state index in [9.17, 15) is 15.0 Å². The van der Waals surface area contributed by atoms with Crippen molar-refractivity contribution in [2.45, 2.75) is 40.5 Å². The number of anilines is 1. The van der Waals surface area contributed by atoms with Crippen LogP contribution in [0.25, 0.3) is 5.69 Å². The van der Waals surface area contributed by atoms with Gasteiger partial charge in [-0.15, -0.1) is 5.10 Å². The number of nitrogens with one attached hydrogen (secondary N) is 1. The Balaban J connectivity index is 1.36. The van der Waals surface area contributed by atoms with E-state index in [-0.39, 0.29) is 24.6 Å². The maximum Gasteiger partial charge on any atom is 0.276 e. The first kappa shape index (κ1) is 29.6. The second kappa shape index (κ2) is 13.0. The highest BCUT2D eigenvalue weighted by Crippen LogP contribution is 2.40. The molecular formula is C27H24Cl3N5O5S. The molecule has 1 aliphatic rings. The van der Waals surface area contributed by atoms with Gasteiger partial charge in [0.05, 0.1) is 24.5 Å². The minimum atomic E-state index is -2.11. The number of hydrogen-bond acceptors (Lipinski definition) is 9. The number of hydrogen-bond donors (Lipinski definition) is 3. The summed E-state index contributed by atoms with van der Waals surface area (Å²) in [6.45, 7) is -0.0563. The van der Waals surface area contributed by atoms with Crippen LogP contribution < -0.4 is 5.32 Å². The molecule has 1 amide bonds. The van der Waals surface area contributed by atoms with Gasteiger partial charge in [-0.25, -0.2) is 0 Å². The molecule has 1 saturated heterocycles. The molecule has 0 spiro atoms. The van der Waals surface area contributed by atoms with E-state index >= 15 is 0 Å². The average Bonchev–Trinajstić information content (AvgIpc) is 3.45. The van der Waals surface area contributed by atoms with Gasteiger partial charge in [0.2, 0.25) is 5.16 Å². The molecule has 0 radical (unpaired) electrons. The summed E-state index contributed by atoms with van der Waals surface area (Å²) in [7, 11) is 0. The van der Waals surface area contributed by atoms with Crippen molar-refractivity contribution in [3.8, 4) is 11.4 Å². The standard InChI is InChI=1S/C27H24Cl3N5O5S/c28-27(29,30)25(38)31-19-3-1-2-18(12-19)24-39-22(13-23(40-24)17-6-4-16(14-36)5-7-17)15-41-26-32-33-34-35(26)20-8-10-21(37)11-9-20/h1-12,22-24,36-37H,13-15H2,(H,31,38)/t22-,23+,24+/m0/s1. The molecule has 0 bridgehead atoms. The number of amides is 1. The number of rotatable bonds is 8. The number of carbonyl (C=O) groups excluding carboxylic acids is 1. The van der Waals surface area contributed by atoms with E-state index in [4.69, 9.17) is 44.3 Å². The van der Waals surface area contributed by atoms with Crippen molar-refractivity contribution < 1.29 is 24.5 Å². The molecule has 0 saturated carbocycles. The molecule has 1 aromatic heterocycles. The number of thioether (sulfide) groups is 1. The first-order valence-electron chi connectivity index (χ1n) is 12.4. The van der Waals surface area contributed by atoms with Crippen molar-refractivity contribution in [3.63, 3.8) is 0 Å². The lowest BCUT2D eigenvalue weighted by molar-refractivity contribution is -0.245. The van der Waals surface area contributed by atoms with Gasteiger partial charge in [0.25, 0.3) is 9.70 Å². The second-order valence-electron chi connectivity index (χ2n) is 9.13. The molecule has 1 fully saturated rings. The Labute approximate surface area is 254 Å². The molecule has 3 N–H and O–H groups in total. The number of aliphatic hydroxyl groups excluding tert-OH is 1. The number of carbonyl (C=O) groups is 1. The minimum absolute atomic E-state index is 0.0563. The van der Waals surface area contributed by atoms with Crippen molar-refractivity contribution in [2.24, 2.45) is 0 Å². The lowest BCUT2D eigenvalue weighted by Crippen LogP contribution is -2.31. The van der Waals surface area contributed by atoms with Crippen LogP contribution in [0, 0.1) is 0 Å². The summed E-state index contributed by atoms with van der Waals surface area (Å²) >= 11 is 18.5. The third-order valence-corrected chi connectivity index (χ3v) is 7.79. The molecule has 5 rings (SSSR count). The third-order valence-electron chi connectivity index (χ3n) is 6.22. The SMILES string of the molecule is O=C(Nc1cccc([C@@H]2O[C@H](CSc3nnnn3-c3ccc(O)cc3)C[C@H](c3ccc(CO)cc3)O2)c1)C(Cl)(Cl)Cl. The molecule has 4 aromatic rings. The zero-order valence-electron chi connectivity index (χ0n) is 21.2. The monoisotopic (exact) mass is 635 g/mol. The minimum Gasteiger partial charge on any atom is -0.508 e. The number of tetrazole rings is 1. The van der Waals surface area contributed by atoms with Gasteiger partial charge in [0, 0.05) is 23.4 Å². The number of nitrogens with zero attached hydrogens (tertiary/aromatic N) is 4. The van der Waals surface area contributed by atoms with Gasteiger partial charge in [-0.3, -0.25) is 4.79 Å². The lowest BCUT2D eigenvalue weighted by Gasteiger charge is -2.36. The maximum atomic E-state index is 12.2. The molecule has 1 aliphatic heterocycles. The summed E-state index contributed by atoms with van der Waals surface area (Å²) in [6, 6.07) is 21.0. The molecule has 3 atom stereocenters. The summed E-state index contributed by atoms with van der Waals surface area (Å²) in [5.74, 6) is -0.132. The van der Waals surface area contributed by atoms with E-state index in [2.05, 4.69) is 20.8 Å². The summed E-state index contributed by atoms with van der Waals surface area (Å²) in [5, 5.41) is 34.2. The fourth-order valence-electron chi connectivity index (χ4n) is 4.18. The van der Waals surface area contributed by atoms with Crippen LogP contribution >= 0.6 is 46.6 Å². The first-order valence-corrected chi connectivity index (χ1v) is 14.5. The van der Waals surface area contributed by atoms with Gasteiger partial charge in [-0.2, -0.15) is 4.68 Å². The number of aliphatic hydroxyl groups is 1. The highest BCUT2D eigenvalue weighted by Gasteiger charge is 2.34. The number of phenolic OH excluding ortho intramolecular Hbond substituents is 1. The Morgan fingerprint density at radius 2 is 1.80 bits per heavy atom. The molecular weight excluding hydrogens is 613 g/mol. The highest BCUT2D eigenvalue weighted by molar-refractivity contribution is 7.99. The van der Waals surface area contributed by atoms with Gasteiger partial charge in [0.15, 0.2) is 6.29 Å². The Kier molecular flexibility index (Phi) is 9.35. The molecule has 214 valence electrons. The molecule has 0 aliphatic carbocycles. The maximum absolute atomic E-state index is 12.2. The summed E-state index contributed by atoms with van der Waals surface area (Å²) < 4.78 is 12.2. The Morgan fingerprint density at radius 1 is 1.05 bits per heavy atom. The number of benzene rings is 3. The second-order valence-corrected chi connectivity index (χ2v) is 12.4. The van der Waals surface area contributed by atoms with Crippen LogP contribution in [0.1, 0.15) is 35.5 Å². The van der Waals surface area contributed by atoms with E-state index in [0.717, 1.165) is 11.1 Å². The zero-order chi connectivity index (χ0) is 29.0. The van der Waals surface area contributed by atoms with E-state index in [1.54, 1.807) is 47.1 Å². The van der Waals surface area contributed by atoms with Crippen LogP contribution in [-0.4, -0.2) is 52.0 Å². The number of alkyl halides is 3. The van der Waals surface area contributed by atoms with Crippen molar-refractivity contribution >= 4 is 58.2 Å². The largest absolute Gasteiger partial charge is 0.508 e. The van der Waals surface area contributed by atoms with E-state index in [1.807, 2.05) is 30.3 Å². The normalized spacial score (nSPS) is 19.2. The number of aromatic hydroxyl groups is 1. The topological polar surface area (TPSA) is 132 Å². The van der Waals surface area contributed by atoms with Gasteiger partial charge in [-0.05, 0) is 58.0 Å². The summed E-state index contributed by atoms with van der Waals surface area (Å²) in [4.78, 5) is 12.2. The van der Waals surface area contributed by atoms with Gasteiger partial charge < -0.3 is 25.0 Å². The Morgan fingerprint density at radius 3 is 2.51 bits per heavy atom. The summed E-state index contributed by atoms with van der Waals surface area (Å²) in [5.41, 5.74) is 3.51. The fourth-order valence-corrected chi connectivity index (χ4v) is 5.23. The molecule has 2 heterocycles. The zero-order valence-corrected chi connectivity index (χ0v) is 24.3. The summed E-state index contributed by atoms with van der Waals surface area (Å²) in [6.07, 6.45) is -0.813. The average molecular weight is 637 g/mol. The number of halogens is 3. The van der Waals surface area contributed by atoms with E-state index in [1.165, 1.54) is 11.8 Å².